The SMILES string of the molecule is NS(=O)(=O)c1ccc(Cl)c(NCc2cc(Cl)ccc2Cl)c1. The van der Waals surface area contributed by atoms with Crippen molar-refractivity contribution < 1.29 is 8.42 Å². The van der Waals surface area contributed by atoms with Crippen LogP contribution in [0.4, 0.5) is 5.69 Å². The highest BCUT2D eigenvalue weighted by atomic mass is 35.5. The van der Waals surface area contributed by atoms with Crippen molar-refractivity contribution in [1.82, 2.24) is 0 Å². The number of hydrogen-bond acceptors (Lipinski definition) is 3. The highest BCUT2D eigenvalue weighted by Gasteiger charge is 2.11. The van der Waals surface area contributed by atoms with E-state index in [4.69, 9.17) is 39.9 Å². The van der Waals surface area contributed by atoms with Gasteiger partial charge in [-0.05, 0) is 42.0 Å². The third kappa shape index (κ3) is 4.25. The molecule has 8 heteroatoms. The molecule has 2 aromatic carbocycles. The summed E-state index contributed by atoms with van der Waals surface area (Å²) >= 11 is 18.0. The number of benzene rings is 2. The molecule has 3 N–H and O–H groups in total. The van der Waals surface area contributed by atoms with Gasteiger partial charge in [0.25, 0.3) is 0 Å². The molecule has 0 atom stereocenters. The van der Waals surface area contributed by atoms with Gasteiger partial charge in [-0.15, -0.1) is 0 Å². The Kier molecular flexibility index (Phi) is 5.01. The van der Waals surface area contributed by atoms with E-state index in [0.29, 0.717) is 27.3 Å². The van der Waals surface area contributed by atoms with Crippen molar-refractivity contribution in [3.63, 3.8) is 0 Å². The second-order valence-electron chi connectivity index (χ2n) is 4.28. The minimum atomic E-state index is -3.79. The fraction of sp³-hybridized carbons (Fsp3) is 0.0769. The quantitative estimate of drug-likeness (QED) is 0.863. The average Bonchev–Trinajstić information content (AvgIpc) is 2.40. The van der Waals surface area contributed by atoms with E-state index >= 15 is 0 Å². The lowest BCUT2D eigenvalue weighted by molar-refractivity contribution is 0.598. The summed E-state index contributed by atoms with van der Waals surface area (Å²) in [5.41, 5.74) is 1.21. The second-order valence-corrected chi connectivity index (χ2v) is 7.09. The number of hydrogen-bond donors (Lipinski definition) is 2. The Bertz CT molecular complexity index is 779. The van der Waals surface area contributed by atoms with Crippen molar-refractivity contribution in [2.24, 2.45) is 5.14 Å². The van der Waals surface area contributed by atoms with Gasteiger partial charge in [0.05, 0.1) is 15.6 Å². The number of rotatable bonds is 4. The summed E-state index contributed by atoms with van der Waals surface area (Å²) in [5.74, 6) is 0. The lowest BCUT2D eigenvalue weighted by Crippen LogP contribution is -2.12. The maximum atomic E-state index is 11.3. The molecule has 4 nitrogen and oxygen atoms in total. The molecule has 0 radical (unpaired) electrons. The Labute approximate surface area is 137 Å². The van der Waals surface area contributed by atoms with E-state index in [1.54, 1.807) is 18.2 Å². The molecule has 2 rings (SSSR count). The molecule has 0 aliphatic carbocycles. The van der Waals surface area contributed by atoms with Crippen LogP contribution in [0.5, 0.6) is 0 Å². The summed E-state index contributed by atoms with van der Waals surface area (Å²) < 4.78 is 22.7. The van der Waals surface area contributed by atoms with Crippen molar-refractivity contribution in [1.29, 1.82) is 0 Å². The first-order valence-electron chi connectivity index (χ1n) is 5.77. The maximum Gasteiger partial charge on any atom is 0.238 e. The van der Waals surface area contributed by atoms with Gasteiger partial charge >= 0.3 is 0 Å². The number of halogens is 3. The highest BCUT2D eigenvalue weighted by Crippen LogP contribution is 2.27. The number of anilines is 1. The lowest BCUT2D eigenvalue weighted by Gasteiger charge is -2.11. The van der Waals surface area contributed by atoms with E-state index in [-0.39, 0.29) is 4.90 Å². The minimum Gasteiger partial charge on any atom is -0.380 e. The van der Waals surface area contributed by atoms with Gasteiger partial charge in [-0.1, -0.05) is 34.8 Å². The van der Waals surface area contributed by atoms with Crippen molar-refractivity contribution in [3.05, 3.63) is 57.0 Å². The second kappa shape index (κ2) is 6.42. The molecule has 0 aliphatic heterocycles. The lowest BCUT2D eigenvalue weighted by atomic mass is 10.2. The predicted molar refractivity (Wildman–Crippen MR) is 86.6 cm³/mol. The van der Waals surface area contributed by atoms with E-state index in [1.165, 1.54) is 18.2 Å². The van der Waals surface area contributed by atoms with Gasteiger partial charge in [0, 0.05) is 16.6 Å². The smallest absolute Gasteiger partial charge is 0.238 e. The van der Waals surface area contributed by atoms with Gasteiger partial charge in [0.15, 0.2) is 0 Å². The molecule has 21 heavy (non-hydrogen) atoms. The van der Waals surface area contributed by atoms with Crippen LogP contribution in [0.2, 0.25) is 15.1 Å². The van der Waals surface area contributed by atoms with Gasteiger partial charge in [-0.2, -0.15) is 0 Å². The van der Waals surface area contributed by atoms with Gasteiger partial charge in [0.2, 0.25) is 10.0 Å². The number of primary sulfonamides is 1. The minimum absolute atomic E-state index is 0.0217. The number of nitrogens with two attached hydrogens (primary N) is 1. The van der Waals surface area contributed by atoms with Crippen LogP contribution in [0, 0.1) is 0 Å². The zero-order chi connectivity index (χ0) is 15.6. The van der Waals surface area contributed by atoms with Gasteiger partial charge in [0.1, 0.15) is 0 Å². The van der Waals surface area contributed by atoms with Crippen LogP contribution in [-0.2, 0) is 16.6 Å². The highest BCUT2D eigenvalue weighted by molar-refractivity contribution is 7.89. The van der Waals surface area contributed by atoms with Crippen molar-refractivity contribution in [2.45, 2.75) is 11.4 Å². The van der Waals surface area contributed by atoms with E-state index in [2.05, 4.69) is 5.32 Å². The first-order chi connectivity index (χ1) is 9.77. The van der Waals surface area contributed by atoms with E-state index in [9.17, 15) is 8.42 Å². The zero-order valence-corrected chi connectivity index (χ0v) is 13.7. The predicted octanol–water partition coefficient (Wildman–Crippen LogP) is 3.91. The first-order valence-corrected chi connectivity index (χ1v) is 8.45. The molecule has 0 spiro atoms. The summed E-state index contributed by atoms with van der Waals surface area (Å²) in [5, 5.41) is 9.58. The maximum absolute atomic E-state index is 11.3. The standard InChI is InChI=1S/C13H11Cl3N2O2S/c14-9-1-3-11(15)8(5-9)7-18-13-6-10(21(17,19)20)2-4-12(13)16/h1-6,18H,7H2,(H2,17,19,20). The van der Waals surface area contributed by atoms with E-state index in [1.807, 2.05) is 0 Å². The molecule has 0 saturated carbocycles. The van der Waals surface area contributed by atoms with Crippen LogP contribution >= 0.6 is 34.8 Å². The molecule has 0 heterocycles. The summed E-state index contributed by atoms with van der Waals surface area (Å²) in [6, 6.07) is 9.26. The van der Waals surface area contributed by atoms with Gasteiger partial charge in [-0.25, -0.2) is 13.6 Å². The average molecular weight is 366 g/mol. The van der Waals surface area contributed by atoms with Crippen LogP contribution in [0.15, 0.2) is 41.3 Å². The molecule has 0 aromatic heterocycles. The topological polar surface area (TPSA) is 72.2 Å². The van der Waals surface area contributed by atoms with Crippen molar-refractivity contribution in [2.75, 3.05) is 5.32 Å². The Morgan fingerprint density at radius 2 is 1.67 bits per heavy atom. The van der Waals surface area contributed by atoms with Gasteiger partial charge in [-0.3, -0.25) is 0 Å². The molecule has 0 fully saturated rings. The Balaban J connectivity index is 2.26. The molecular weight excluding hydrogens is 355 g/mol. The molecule has 0 bridgehead atoms. The summed E-state index contributed by atoms with van der Waals surface area (Å²) in [4.78, 5) is -0.0217. The zero-order valence-electron chi connectivity index (χ0n) is 10.6. The third-order valence-electron chi connectivity index (χ3n) is 2.74. The van der Waals surface area contributed by atoms with Crippen LogP contribution in [-0.4, -0.2) is 8.42 Å². The van der Waals surface area contributed by atoms with Crippen LogP contribution in [0.3, 0.4) is 0 Å². The summed E-state index contributed by atoms with van der Waals surface area (Å²) in [6.45, 7) is 0.340. The van der Waals surface area contributed by atoms with Crippen molar-refractivity contribution >= 4 is 50.5 Å². The normalized spacial score (nSPS) is 11.4. The third-order valence-corrected chi connectivity index (χ3v) is 4.59. The van der Waals surface area contributed by atoms with Crippen LogP contribution in [0.25, 0.3) is 0 Å². The molecule has 0 aliphatic rings. The van der Waals surface area contributed by atoms with E-state index in [0.717, 1.165) is 5.56 Å². The largest absolute Gasteiger partial charge is 0.380 e. The molecule has 112 valence electrons. The number of sulfonamides is 1. The Morgan fingerprint density at radius 3 is 2.33 bits per heavy atom. The van der Waals surface area contributed by atoms with Crippen molar-refractivity contribution in [3.8, 4) is 0 Å². The molecule has 0 saturated heterocycles. The van der Waals surface area contributed by atoms with Crippen LogP contribution in [0.1, 0.15) is 5.56 Å². The molecule has 2 aromatic rings. The Morgan fingerprint density at radius 1 is 1.00 bits per heavy atom. The molecule has 0 amide bonds. The summed E-state index contributed by atoms with van der Waals surface area (Å²) in [7, 11) is -3.79. The number of nitrogens with one attached hydrogen (secondary N) is 1. The fourth-order valence-corrected chi connectivity index (χ4v) is 2.79. The Hall–Kier alpha value is -0.980. The summed E-state index contributed by atoms with van der Waals surface area (Å²) in [6.07, 6.45) is 0. The van der Waals surface area contributed by atoms with Gasteiger partial charge < -0.3 is 5.32 Å². The first kappa shape index (κ1) is 16.4. The van der Waals surface area contributed by atoms with E-state index < -0.39 is 10.0 Å². The van der Waals surface area contributed by atoms with Crippen LogP contribution < -0.4 is 10.5 Å². The molecular formula is C13H11Cl3N2O2S. The molecule has 0 unspecified atom stereocenters. The monoisotopic (exact) mass is 364 g/mol. The fourth-order valence-electron chi connectivity index (χ4n) is 1.69.